The minimum atomic E-state index is -0.271. The van der Waals surface area contributed by atoms with Gasteiger partial charge in [-0.05, 0) is 49.0 Å². The highest BCUT2D eigenvalue weighted by Gasteiger charge is 2.35. The highest BCUT2D eigenvalue weighted by atomic mass is 16.5. The van der Waals surface area contributed by atoms with Gasteiger partial charge in [-0.2, -0.15) is 5.10 Å². The molecule has 0 bridgehead atoms. The Morgan fingerprint density at radius 1 is 1.17 bits per heavy atom. The molecule has 7 nitrogen and oxygen atoms in total. The molecule has 29 heavy (non-hydrogen) atoms. The number of methoxy groups -OCH3 is 1. The lowest BCUT2D eigenvalue weighted by Gasteiger charge is -2.23. The molecule has 1 amide bonds. The highest BCUT2D eigenvalue weighted by molar-refractivity contribution is 6.01. The van der Waals surface area contributed by atoms with Gasteiger partial charge in [-0.3, -0.25) is 9.69 Å². The Morgan fingerprint density at radius 3 is 2.59 bits per heavy atom. The fraction of sp³-hybridized carbons (Fsp3) is 0.273. The lowest BCUT2D eigenvalue weighted by molar-refractivity contribution is -0.134. The molecule has 150 valence electrons. The third-order valence-electron chi connectivity index (χ3n) is 4.86. The first-order valence-electron chi connectivity index (χ1n) is 9.42. The minimum absolute atomic E-state index is 0.0935. The Labute approximate surface area is 169 Å². The summed E-state index contributed by atoms with van der Waals surface area (Å²) < 4.78 is 16.2. The maximum absolute atomic E-state index is 13.1. The number of benzene rings is 1. The quantitative estimate of drug-likeness (QED) is 0.612. The van der Waals surface area contributed by atoms with Gasteiger partial charge in [0.05, 0.1) is 26.2 Å². The molecule has 0 saturated carbocycles. The Balaban J connectivity index is 1.46. The Kier molecular flexibility index (Phi) is 5.48. The summed E-state index contributed by atoms with van der Waals surface area (Å²) in [5.74, 6) is 2.10. The Hall–Kier alpha value is -3.32. The maximum atomic E-state index is 13.1. The number of ether oxygens (including phenoxy) is 1. The van der Waals surface area contributed by atoms with E-state index in [-0.39, 0.29) is 18.5 Å². The summed E-state index contributed by atoms with van der Waals surface area (Å²) in [7, 11) is 3.56. The summed E-state index contributed by atoms with van der Waals surface area (Å²) >= 11 is 0. The molecule has 4 rings (SSSR count). The van der Waals surface area contributed by atoms with E-state index in [0.717, 1.165) is 17.0 Å². The molecule has 0 radical (unpaired) electrons. The van der Waals surface area contributed by atoms with Crippen molar-refractivity contribution >= 4 is 11.6 Å². The summed E-state index contributed by atoms with van der Waals surface area (Å²) in [6.45, 7) is 0.877. The predicted molar refractivity (Wildman–Crippen MR) is 107 cm³/mol. The van der Waals surface area contributed by atoms with Gasteiger partial charge in [-0.25, -0.2) is 5.01 Å². The van der Waals surface area contributed by atoms with Crippen molar-refractivity contribution in [1.29, 1.82) is 0 Å². The number of hydrazone groups is 1. The van der Waals surface area contributed by atoms with E-state index in [1.165, 1.54) is 5.01 Å². The molecule has 1 atom stereocenters. The molecule has 0 spiro atoms. The number of hydrogen-bond donors (Lipinski definition) is 0. The molecule has 1 aromatic carbocycles. The van der Waals surface area contributed by atoms with E-state index >= 15 is 0 Å². The van der Waals surface area contributed by atoms with Crippen LogP contribution in [-0.4, -0.2) is 42.2 Å². The summed E-state index contributed by atoms with van der Waals surface area (Å²) in [4.78, 5) is 15.0. The molecule has 3 heterocycles. The maximum Gasteiger partial charge on any atom is 0.257 e. The number of carbonyl (C=O) groups is 1. The summed E-state index contributed by atoms with van der Waals surface area (Å²) in [6.07, 6.45) is 3.76. The first-order valence-corrected chi connectivity index (χ1v) is 9.42. The van der Waals surface area contributed by atoms with E-state index in [2.05, 4.69) is 5.10 Å². The summed E-state index contributed by atoms with van der Waals surface area (Å²) in [5, 5.41) is 6.07. The van der Waals surface area contributed by atoms with Gasteiger partial charge >= 0.3 is 0 Å². The monoisotopic (exact) mass is 393 g/mol. The summed E-state index contributed by atoms with van der Waals surface area (Å²) in [5.41, 5.74) is 1.84. The molecule has 1 unspecified atom stereocenters. The number of furan rings is 2. The molecular formula is C22H23N3O4. The van der Waals surface area contributed by atoms with Gasteiger partial charge in [-0.1, -0.05) is 12.1 Å². The second-order valence-corrected chi connectivity index (χ2v) is 7.02. The zero-order chi connectivity index (χ0) is 20.2. The van der Waals surface area contributed by atoms with Gasteiger partial charge < -0.3 is 13.6 Å². The van der Waals surface area contributed by atoms with Crippen LogP contribution in [-0.2, 0) is 11.3 Å². The lowest BCUT2D eigenvalue weighted by Crippen LogP contribution is -2.36. The molecule has 1 aliphatic heterocycles. The van der Waals surface area contributed by atoms with Gasteiger partial charge in [-0.15, -0.1) is 0 Å². The predicted octanol–water partition coefficient (Wildman–Crippen LogP) is 3.69. The second kappa shape index (κ2) is 8.36. The van der Waals surface area contributed by atoms with E-state index in [1.54, 1.807) is 19.6 Å². The van der Waals surface area contributed by atoms with Crippen LogP contribution >= 0.6 is 0 Å². The molecule has 0 aliphatic carbocycles. The molecule has 3 aromatic rings. The molecule has 0 N–H and O–H groups in total. The van der Waals surface area contributed by atoms with Crippen molar-refractivity contribution in [2.75, 3.05) is 20.7 Å². The van der Waals surface area contributed by atoms with Crippen molar-refractivity contribution in [1.82, 2.24) is 9.91 Å². The zero-order valence-electron chi connectivity index (χ0n) is 16.4. The number of likely N-dealkylation sites (N-methyl/N-ethyl adjacent to an activating group) is 1. The first-order chi connectivity index (χ1) is 14.1. The zero-order valence-corrected chi connectivity index (χ0v) is 16.4. The van der Waals surface area contributed by atoms with Crippen LogP contribution in [0.1, 0.15) is 29.5 Å². The Bertz CT molecular complexity index is 962. The van der Waals surface area contributed by atoms with Crippen LogP contribution in [0.4, 0.5) is 0 Å². The van der Waals surface area contributed by atoms with Crippen LogP contribution < -0.4 is 4.74 Å². The van der Waals surface area contributed by atoms with E-state index < -0.39 is 0 Å². The third-order valence-corrected chi connectivity index (χ3v) is 4.86. The van der Waals surface area contributed by atoms with Crippen molar-refractivity contribution in [2.45, 2.75) is 19.0 Å². The topological polar surface area (TPSA) is 71.4 Å². The SMILES string of the molecule is COc1ccc(CN(C)CC(=O)N2N=C(c3ccco3)CC2c2ccco2)cc1. The fourth-order valence-electron chi connectivity index (χ4n) is 3.44. The molecule has 7 heteroatoms. The molecule has 0 saturated heterocycles. The van der Waals surface area contributed by atoms with Gasteiger partial charge in [0.1, 0.15) is 29.0 Å². The van der Waals surface area contributed by atoms with Crippen LogP contribution in [0.3, 0.4) is 0 Å². The molecule has 0 fully saturated rings. The number of amides is 1. The van der Waals surface area contributed by atoms with Crippen molar-refractivity contribution in [3.63, 3.8) is 0 Å². The minimum Gasteiger partial charge on any atom is -0.497 e. The third kappa shape index (κ3) is 4.25. The van der Waals surface area contributed by atoms with Crippen molar-refractivity contribution in [2.24, 2.45) is 5.10 Å². The normalized spacial score (nSPS) is 16.3. The average Bonchev–Trinajstić information content (AvgIpc) is 3.49. The van der Waals surface area contributed by atoms with Crippen LogP contribution in [0.2, 0.25) is 0 Å². The standard InChI is InChI=1S/C22H23N3O4/c1-24(14-16-7-9-17(27-2)10-8-16)15-22(26)25-19(21-6-4-12-29-21)13-18(23-25)20-5-3-11-28-20/h3-12,19H,13-15H2,1-2H3. The van der Waals surface area contributed by atoms with Crippen LogP contribution in [0.5, 0.6) is 5.75 Å². The van der Waals surface area contributed by atoms with E-state index in [4.69, 9.17) is 13.6 Å². The van der Waals surface area contributed by atoms with Crippen molar-refractivity contribution in [3.8, 4) is 5.75 Å². The van der Waals surface area contributed by atoms with Crippen LogP contribution in [0.15, 0.2) is 75.0 Å². The van der Waals surface area contributed by atoms with E-state index in [1.807, 2.05) is 60.5 Å². The average molecular weight is 393 g/mol. The smallest absolute Gasteiger partial charge is 0.257 e. The van der Waals surface area contributed by atoms with E-state index in [0.29, 0.717) is 24.5 Å². The van der Waals surface area contributed by atoms with Crippen LogP contribution in [0.25, 0.3) is 0 Å². The highest BCUT2D eigenvalue weighted by Crippen LogP contribution is 2.33. The van der Waals surface area contributed by atoms with Crippen molar-refractivity contribution in [3.05, 3.63) is 78.1 Å². The van der Waals surface area contributed by atoms with Gasteiger partial charge in [0, 0.05) is 13.0 Å². The lowest BCUT2D eigenvalue weighted by atomic mass is 10.1. The van der Waals surface area contributed by atoms with Gasteiger partial charge in [0.15, 0.2) is 0 Å². The number of rotatable bonds is 7. The second-order valence-electron chi connectivity index (χ2n) is 7.02. The number of hydrogen-bond acceptors (Lipinski definition) is 6. The van der Waals surface area contributed by atoms with Gasteiger partial charge in [0.25, 0.3) is 5.91 Å². The van der Waals surface area contributed by atoms with E-state index in [9.17, 15) is 4.79 Å². The Morgan fingerprint density at radius 2 is 1.93 bits per heavy atom. The molecular weight excluding hydrogens is 370 g/mol. The molecule has 2 aromatic heterocycles. The first kappa shape index (κ1) is 19.0. The van der Waals surface area contributed by atoms with Gasteiger partial charge in [0.2, 0.25) is 0 Å². The number of carbonyl (C=O) groups excluding carboxylic acids is 1. The fourth-order valence-corrected chi connectivity index (χ4v) is 3.44. The van der Waals surface area contributed by atoms with Crippen molar-refractivity contribution < 1.29 is 18.4 Å². The molecule has 1 aliphatic rings. The summed E-state index contributed by atoms with van der Waals surface area (Å²) in [6, 6.07) is 14.9. The largest absolute Gasteiger partial charge is 0.497 e. The van der Waals surface area contributed by atoms with Crippen LogP contribution in [0, 0.1) is 0 Å². The number of nitrogens with zero attached hydrogens (tertiary/aromatic N) is 3.